The van der Waals surface area contributed by atoms with Gasteiger partial charge in [0.2, 0.25) is 0 Å². The highest BCUT2D eigenvalue weighted by molar-refractivity contribution is 5.69. The summed E-state index contributed by atoms with van der Waals surface area (Å²) >= 11 is 0. The molecule has 2 aliphatic heterocycles. The van der Waals surface area contributed by atoms with Crippen molar-refractivity contribution in [3.63, 3.8) is 0 Å². The summed E-state index contributed by atoms with van der Waals surface area (Å²) in [7, 11) is 1.46. The maximum Gasteiger partial charge on any atom is 0.306 e. The molecule has 0 aliphatic carbocycles. The summed E-state index contributed by atoms with van der Waals surface area (Å²) in [6, 6.07) is 0.606. The van der Waals surface area contributed by atoms with Gasteiger partial charge in [0.25, 0.3) is 0 Å². The number of ether oxygens (including phenoxy) is 1. The van der Waals surface area contributed by atoms with E-state index in [2.05, 4.69) is 35.5 Å². The second kappa shape index (κ2) is 6.41. The summed E-state index contributed by atoms with van der Waals surface area (Å²) in [5.74, 6) is -0.104. The zero-order chi connectivity index (χ0) is 14.8. The monoisotopic (exact) mass is 283 g/mol. The number of nitrogens with zero attached hydrogens (tertiary/aromatic N) is 3. The van der Waals surface area contributed by atoms with Gasteiger partial charge in [-0.25, -0.2) is 0 Å². The summed E-state index contributed by atoms with van der Waals surface area (Å²) in [5, 5.41) is 0. The molecular weight excluding hydrogens is 254 g/mol. The minimum atomic E-state index is -0.104. The van der Waals surface area contributed by atoms with Crippen molar-refractivity contribution in [1.29, 1.82) is 0 Å². The normalized spacial score (nSPS) is 26.3. The van der Waals surface area contributed by atoms with E-state index in [1.807, 2.05) is 0 Å². The van der Waals surface area contributed by atoms with Crippen LogP contribution in [-0.4, -0.2) is 85.2 Å². The molecule has 2 aliphatic rings. The van der Waals surface area contributed by atoms with Crippen molar-refractivity contribution in [3.8, 4) is 0 Å². The van der Waals surface area contributed by atoms with E-state index in [-0.39, 0.29) is 11.5 Å². The van der Waals surface area contributed by atoms with Crippen LogP contribution in [0.2, 0.25) is 0 Å². The van der Waals surface area contributed by atoms with E-state index in [9.17, 15) is 4.79 Å². The van der Waals surface area contributed by atoms with E-state index >= 15 is 0 Å². The lowest BCUT2D eigenvalue weighted by Gasteiger charge is -2.50. The first-order valence-corrected chi connectivity index (χ1v) is 7.68. The van der Waals surface area contributed by atoms with E-state index in [1.54, 1.807) is 0 Å². The molecule has 116 valence electrons. The van der Waals surface area contributed by atoms with Gasteiger partial charge in [0.15, 0.2) is 0 Å². The van der Waals surface area contributed by atoms with E-state index in [4.69, 9.17) is 4.74 Å². The summed E-state index contributed by atoms with van der Waals surface area (Å²) in [5.41, 5.74) is 0.250. The summed E-state index contributed by atoms with van der Waals surface area (Å²) in [6.07, 6.45) is 0.506. The first-order valence-electron chi connectivity index (χ1n) is 7.68. The van der Waals surface area contributed by atoms with Gasteiger partial charge in [0, 0.05) is 57.4 Å². The topological polar surface area (TPSA) is 36.0 Å². The summed E-state index contributed by atoms with van der Waals surface area (Å²) in [6.45, 7) is 14.5. The molecule has 0 aromatic rings. The Labute approximate surface area is 122 Å². The number of esters is 1. The molecule has 0 amide bonds. The van der Waals surface area contributed by atoms with Crippen LogP contribution in [0.25, 0.3) is 0 Å². The third kappa shape index (κ3) is 3.93. The third-order valence-electron chi connectivity index (χ3n) is 4.59. The fraction of sp³-hybridized carbons (Fsp3) is 0.933. The standard InChI is InChI=1S/C15H29N3O2/c1-15(2,3)18-10-9-17-8-7-16(11-13(17)12-18)6-5-14(19)20-4/h13H,5-12H2,1-4H3. The van der Waals surface area contributed by atoms with Crippen molar-refractivity contribution in [3.05, 3.63) is 0 Å². The fourth-order valence-electron chi connectivity index (χ4n) is 3.18. The number of fused-ring (bicyclic) bond motifs is 1. The lowest BCUT2D eigenvalue weighted by atomic mass is 10.0. The maximum atomic E-state index is 11.3. The number of hydrogen-bond acceptors (Lipinski definition) is 5. The quantitative estimate of drug-likeness (QED) is 0.711. The molecule has 0 bridgehead atoms. The molecule has 0 radical (unpaired) electrons. The molecule has 2 heterocycles. The second-order valence-corrected chi connectivity index (χ2v) is 6.93. The van der Waals surface area contributed by atoms with Crippen LogP contribution in [0.1, 0.15) is 27.2 Å². The smallest absolute Gasteiger partial charge is 0.306 e. The van der Waals surface area contributed by atoms with Gasteiger partial charge in [-0.15, -0.1) is 0 Å². The van der Waals surface area contributed by atoms with Crippen molar-refractivity contribution in [2.24, 2.45) is 0 Å². The third-order valence-corrected chi connectivity index (χ3v) is 4.59. The highest BCUT2D eigenvalue weighted by atomic mass is 16.5. The molecule has 2 rings (SSSR count). The van der Waals surface area contributed by atoms with Crippen LogP contribution in [0.4, 0.5) is 0 Å². The highest BCUT2D eigenvalue weighted by Crippen LogP contribution is 2.22. The van der Waals surface area contributed by atoms with Gasteiger partial charge in [0.1, 0.15) is 0 Å². The van der Waals surface area contributed by atoms with Crippen molar-refractivity contribution in [1.82, 2.24) is 14.7 Å². The largest absolute Gasteiger partial charge is 0.469 e. The number of piperazine rings is 2. The van der Waals surface area contributed by atoms with Crippen LogP contribution >= 0.6 is 0 Å². The number of hydrogen-bond donors (Lipinski definition) is 0. The molecular formula is C15H29N3O2. The van der Waals surface area contributed by atoms with Gasteiger partial charge in [-0.05, 0) is 20.8 Å². The van der Waals surface area contributed by atoms with Gasteiger partial charge in [-0.1, -0.05) is 0 Å². The Bertz CT molecular complexity index is 341. The van der Waals surface area contributed by atoms with Crippen LogP contribution in [0, 0.1) is 0 Å². The van der Waals surface area contributed by atoms with E-state index in [1.165, 1.54) is 20.2 Å². The van der Waals surface area contributed by atoms with E-state index in [0.717, 1.165) is 32.7 Å². The van der Waals surface area contributed by atoms with Crippen LogP contribution in [0.5, 0.6) is 0 Å². The Morgan fingerprint density at radius 2 is 1.85 bits per heavy atom. The van der Waals surface area contributed by atoms with Crippen molar-refractivity contribution < 1.29 is 9.53 Å². The van der Waals surface area contributed by atoms with Gasteiger partial charge in [-0.3, -0.25) is 19.5 Å². The SMILES string of the molecule is COC(=O)CCN1CCN2CCN(C(C)(C)C)CC2C1. The molecule has 2 saturated heterocycles. The lowest BCUT2D eigenvalue weighted by Crippen LogP contribution is -2.64. The zero-order valence-electron chi connectivity index (χ0n) is 13.4. The van der Waals surface area contributed by atoms with Gasteiger partial charge in [0.05, 0.1) is 13.5 Å². The molecule has 20 heavy (non-hydrogen) atoms. The Morgan fingerprint density at radius 1 is 1.15 bits per heavy atom. The van der Waals surface area contributed by atoms with Crippen LogP contribution in [0.15, 0.2) is 0 Å². The highest BCUT2D eigenvalue weighted by Gasteiger charge is 2.35. The van der Waals surface area contributed by atoms with E-state index in [0.29, 0.717) is 12.5 Å². The number of rotatable bonds is 3. The predicted octanol–water partition coefficient (Wildman–Crippen LogP) is 0.650. The van der Waals surface area contributed by atoms with Crippen molar-refractivity contribution >= 4 is 5.97 Å². The maximum absolute atomic E-state index is 11.3. The number of carbonyl (C=O) groups is 1. The molecule has 0 aromatic carbocycles. The van der Waals surface area contributed by atoms with Crippen molar-refractivity contribution in [2.45, 2.75) is 38.8 Å². The Kier molecular flexibility index (Phi) is 5.04. The molecule has 0 aromatic heterocycles. The molecule has 1 unspecified atom stereocenters. The minimum absolute atomic E-state index is 0.104. The second-order valence-electron chi connectivity index (χ2n) is 6.93. The fourth-order valence-corrected chi connectivity index (χ4v) is 3.18. The molecule has 1 atom stereocenters. The minimum Gasteiger partial charge on any atom is -0.469 e. The molecule has 0 saturated carbocycles. The average Bonchev–Trinajstić information content (AvgIpc) is 2.42. The van der Waals surface area contributed by atoms with E-state index < -0.39 is 0 Å². The average molecular weight is 283 g/mol. The van der Waals surface area contributed by atoms with Gasteiger partial charge < -0.3 is 4.74 Å². The van der Waals surface area contributed by atoms with Crippen LogP contribution < -0.4 is 0 Å². The first kappa shape index (κ1) is 15.7. The lowest BCUT2D eigenvalue weighted by molar-refractivity contribution is -0.141. The Morgan fingerprint density at radius 3 is 2.50 bits per heavy atom. The first-order chi connectivity index (χ1) is 9.40. The van der Waals surface area contributed by atoms with Crippen LogP contribution in [-0.2, 0) is 9.53 Å². The van der Waals surface area contributed by atoms with Gasteiger partial charge in [-0.2, -0.15) is 0 Å². The predicted molar refractivity (Wildman–Crippen MR) is 79.8 cm³/mol. The molecule has 0 spiro atoms. The molecule has 5 nitrogen and oxygen atoms in total. The number of carbonyl (C=O) groups excluding carboxylic acids is 1. The Hall–Kier alpha value is -0.650. The molecule has 0 N–H and O–H groups in total. The van der Waals surface area contributed by atoms with Crippen molar-refractivity contribution in [2.75, 3.05) is 52.9 Å². The Balaban J connectivity index is 1.85. The summed E-state index contributed by atoms with van der Waals surface area (Å²) < 4.78 is 4.73. The molecule has 2 fully saturated rings. The zero-order valence-corrected chi connectivity index (χ0v) is 13.4. The van der Waals surface area contributed by atoms with Gasteiger partial charge >= 0.3 is 5.97 Å². The molecule has 5 heteroatoms. The number of methoxy groups -OCH3 is 1. The van der Waals surface area contributed by atoms with Crippen LogP contribution in [0.3, 0.4) is 0 Å². The summed E-state index contributed by atoms with van der Waals surface area (Å²) in [4.78, 5) is 18.8.